The molecule has 4 heteroatoms. The van der Waals surface area contributed by atoms with Crippen molar-refractivity contribution >= 4 is 11.7 Å². The highest BCUT2D eigenvalue weighted by Crippen LogP contribution is 2.22. The summed E-state index contributed by atoms with van der Waals surface area (Å²) in [5.74, 6) is 0.272. The molecule has 0 spiro atoms. The van der Waals surface area contributed by atoms with E-state index in [0.717, 1.165) is 5.56 Å². The maximum absolute atomic E-state index is 12.5. The van der Waals surface area contributed by atoms with E-state index in [4.69, 9.17) is 5.73 Å². The van der Waals surface area contributed by atoms with Crippen LogP contribution >= 0.6 is 0 Å². The first-order valence-corrected chi connectivity index (χ1v) is 6.60. The van der Waals surface area contributed by atoms with E-state index in [-0.39, 0.29) is 17.9 Å². The van der Waals surface area contributed by atoms with Crippen LogP contribution in [-0.4, -0.2) is 17.9 Å². The lowest BCUT2D eigenvalue weighted by atomic mass is 9.94. The SMILES string of the molecule is CC(C(=O)N(C)c1ccccn1)C(N)c1ccccc1. The van der Waals surface area contributed by atoms with Crippen LogP contribution < -0.4 is 10.6 Å². The number of pyridine rings is 1. The van der Waals surface area contributed by atoms with Gasteiger partial charge in [-0.2, -0.15) is 0 Å². The number of benzene rings is 1. The van der Waals surface area contributed by atoms with Crippen molar-refractivity contribution < 1.29 is 4.79 Å². The van der Waals surface area contributed by atoms with E-state index >= 15 is 0 Å². The Kier molecular flexibility index (Phi) is 4.48. The van der Waals surface area contributed by atoms with Crippen LogP contribution in [0, 0.1) is 5.92 Å². The topological polar surface area (TPSA) is 59.2 Å². The minimum absolute atomic E-state index is 0.0416. The van der Waals surface area contributed by atoms with Gasteiger partial charge in [-0.3, -0.25) is 9.69 Å². The zero-order valence-electron chi connectivity index (χ0n) is 11.7. The standard InChI is InChI=1S/C16H19N3O/c1-12(15(17)13-8-4-3-5-9-13)16(20)19(2)14-10-6-7-11-18-14/h3-12,15H,17H2,1-2H3. The number of nitrogens with two attached hydrogens (primary N) is 1. The zero-order valence-corrected chi connectivity index (χ0v) is 11.7. The molecule has 0 saturated carbocycles. The van der Waals surface area contributed by atoms with Gasteiger partial charge in [0.1, 0.15) is 5.82 Å². The monoisotopic (exact) mass is 269 g/mol. The van der Waals surface area contributed by atoms with Gasteiger partial charge in [0.15, 0.2) is 0 Å². The fourth-order valence-electron chi connectivity index (χ4n) is 2.09. The molecule has 0 bridgehead atoms. The van der Waals surface area contributed by atoms with Crippen molar-refractivity contribution in [2.75, 3.05) is 11.9 Å². The van der Waals surface area contributed by atoms with Gasteiger partial charge in [-0.05, 0) is 17.7 Å². The number of nitrogens with zero attached hydrogens (tertiary/aromatic N) is 2. The van der Waals surface area contributed by atoms with Crippen molar-refractivity contribution in [2.24, 2.45) is 11.7 Å². The first-order valence-electron chi connectivity index (χ1n) is 6.60. The van der Waals surface area contributed by atoms with E-state index in [1.165, 1.54) is 0 Å². The Balaban J connectivity index is 2.13. The number of amides is 1. The van der Waals surface area contributed by atoms with Gasteiger partial charge < -0.3 is 5.73 Å². The number of rotatable bonds is 4. The third kappa shape index (κ3) is 3.03. The molecule has 20 heavy (non-hydrogen) atoms. The van der Waals surface area contributed by atoms with E-state index in [0.29, 0.717) is 5.82 Å². The maximum atomic E-state index is 12.5. The van der Waals surface area contributed by atoms with E-state index in [1.54, 1.807) is 24.2 Å². The third-order valence-corrected chi connectivity index (χ3v) is 3.44. The predicted octanol–water partition coefficient (Wildman–Crippen LogP) is 2.38. The molecule has 0 radical (unpaired) electrons. The molecule has 2 rings (SSSR count). The number of carbonyl (C=O) groups is 1. The van der Waals surface area contributed by atoms with Gasteiger partial charge >= 0.3 is 0 Å². The van der Waals surface area contributed by atoms with Crippen molar-refractivity contribution in [2.45, 2.75) is 13.0 Å². The van der Waals surface area contributed by atoms with Crippen LogP contribution in [0.3, 0.4) is 0 Å². The summed E-state index contributed by atoms with van der Waals surface area (Å²) in [5.41, 5.74) is 7.15. The zero-order chi connectivity index (χ0) is 14.5. The van der Waals surface area contributed by atoms with Gasteiger partial charge in [0.05, 0.1) is 5.92 Å². The second-order valence-corrected chi connectivity index (χ2v) is 4.81. The first-order chi connectivity index (χ1) is 9.61. The van der Waals surface area contributed by atoms with E-state index in [2.05, 4.69) is 4.98 Å². The molecule has 1 aromatic carbocycles. The van der Waals surface area contributed by atoms with Crippen LogP contribution in [-0.2, 0) is 4.79 Å². The second kappa shape index (κ2) is 6.30. The van der Waals surface area contributed by atoms with Crippen LogP contribution in [0.4, 0.5) is 5.82 Å². The average Bonchev–Trinajstić information content (AvgIpc) is 2.53. The lowest BCUT2D eigenvalue weighted by Gasteiger charge is -2.24. The average molecular weight is 269 g/mol. The Morgan fingerprint density at radius 2 is 1.80 bits per heavy atom. The summed E-state index contributed by atoms with van der Waals surface area (Å²) in [6.45, 7) is 1.85. The van der Waals surface area contributed by atoms with Gasteiger partial charge in [0.25, 0.3) is 0 Å². The lowest BCUT2D eigenvalue weighted by Crippen LogP contribution is -2.37. The van der Waals surface area contributed by atoms with Gasteiger partial charge in [-0.25, -0.2) is 4.98 Å². The van der Waals surface area contributed by atoms with Gasteiger partial charge in [0, 0.05) is 19.3 Å². The molecule has 0 aliphatic rings. The van der Waals surface area contributed by atoms with Crippen molar-refractivity contribution in [1.29, 1.82) is 0 Å². The summed E-state index contributed by atoms with van der Waals surface area (Å²) in [5, 5.41) is 0. The summed E-state index contributed by atoms with van der Waals surface area (Å²) in [6, 6.07) is 14.8. The largest absolute Gasteiger partial charge is 0.323 e. The maximum Gasteiger partial charge on any atom is 0.232 e. The Labute approximate surface area is 119 Å². The molecule has 4 nitrogen and oxygen atoms in total. The minimum atomic E-state index is -0.324. The number of anilines is 1. The molecule has 2 unspecified atom stereocenters. The second-order valence-electron chi connectivity index (χ2n) is 4.81. The van der Waals surface area contributed by atoms with Crippen molar-refractivity contribution in [1.82, 2.24) is 4.98 Å². The summed E-state index contributed by atoms with van der Waals surface area (Å²) >= 11 is 0. The highest BCUT2D eigenvalue weighted by molar-refractivity contribution is 5.93. The Morgan fingerprint density at radius 1 is 1.15 bits per heavy atom. The molecule has 0 saturated heterocycles. The molecule has 1 amide bonds. The Morgan fingerprint density at radius 3 is 2.40 bits per heavy atom. The number of hydrogen-bond acceptors (Lipinski definition) is 3. The van der Waals surface area contributed by atoms with Crippen LogP contribution in [0.15, 0.2) is 54.7 Å². The predicted molar refractivity (Wildman–Crippen MR) is 80.2 cm³/mol. The lowest BCUT2D eigenvalue weighted by molar-refractivity contribution is -0.122. The number of aromatic nitrogens is 1. The van der Waals surface area contributed by atoms with E-state index < -0.39 is 0 Å². The number of carbonyl (C=O) groups excluding carboxylic acids is 1. The summed E-state index contributed by atoms with van der Waals surface area (Å²) < 4.78 is 0. The molecule has 0 aliphatic heterocycles. The van der Waals surface area contributed by atoms with Crippen molar-refractivity contribution in [3.63, 3.8) is 0 Å². The Hall–Kier alpha value is -2.20. The molecule has 2 aromatic rings. The van der Waals surface area contributed by atoms with E-state index in [1.807, 2.05) is 49.4 Å². The highest BCUT2D eigenvalue weighted by atomic mass is 16.2. The minimum Gasteiger partial charge on any atom is -0.323 e. The van der Waals surface area contributed by atoms with Gasteiger partial charge in [0.2, 0.25) is 5.91 Å². The molecule has 2 N–H and O–H groups in total. The smallest absolute Gasteiger partial charge is 0.232 e. The molecule has 0 fully saturated rings. The molecule has 2 atom stereocenters. The quantitative estimate of drug-likeness (QED) is 0.927. The van der Waals surface area contributed by atoms with Crippen molar-refractivity contribution in [3.05, 3.63) is 60.3 Å². The molecular weight excluding hydrogens is 250 g/mol. The van der Waals surface area contributed by atoms with Gasteiger partial charge in [-0.1, -0.05) is 43.3 Å². The summed E-state index contributed by atoms with van der Waals surface area (Å²) in [6.07, 6.45) is 1.67. The normalized spacial score (nSPS) is 13.6. The van der Waals surface area contributed by atoms with Crippen LogP contribution in [0.25, 0.3) is 0 Å². The summed E-state index contributed by atoms with van der Waals surface area (Å²) in [4.78, 5) is 18.2. The third-order valence-electron chi connectivity index (χ3n) is 3.44. The first kappa shape index (κ1) is 14.2. The fourth-order valence-corrected chi connectivity index (χ4v) is 2.09. The number of hydrogen-bond donors (Lipinski definition) is 1. The van der Waals surface area contributed by atoms with E-state index in [9.17, 15) is 4.79 Å². The molecule has 104 valence electrons. The molecule has 1 aromatic heterocycles. The highest BCUT2D eigenvalue weighted by Gasteiger charge is 2.25. The fraction of sp³-hybridized carbons (Fsp3) is 0.250. The Bertz CT molecular complexity index is 556. The molecule has 1 heterocycles. The van der Waals surface area contributed by atoms with Crippen LogP contribution in [0.5, 0.6) is 0 Å². The van der Waals surface area contributed by atoms with Gasteiger partial charge in [-0.15, -0.1) is 0 Å². The van der Waals surface area contributed by atoms with Crippen molar-refractivity contribution in [3.8, 4) is 0 Å². The molecular formula is C16H19N3O. The van der Waals surface area contributed by atoms with Crippen LogP contribution in [0.2, 0.25) is 0 Å². The summed E-state index contributed by atoms with van der Waals surface area (Å²) in [7, 11) is 1.72. The molecule has 0 aliphatic carbocycles. The van der Waals surface area contributed by atoms with Crippen LogP contribution in [0.1, 0.15) is 18.5 Å².